The number of amides is 2. The largest absolute Gasteiger partial charge is 0.368 e. The van der Waals surface area contributed by atoms with Crippen LogP contribution in [0.2, 0.25) is 0 Å². The second-order valence-electron chi connectivity index (χ2n) is 11.1. The molecule has 35 heavy (non-hydrogen) atoms. The van der Waals surface area contributed by atoms with Crippen molar-refractivity contribution in [3.05, 3.63) is 65.6 Å². The van der Waals surface area contributed by atoms with Crippen LogP contribution in [0.15, 0.2) is 53.3 Å². The summed E-state index contributed by atoms with van der Waals surface area (Å²) in [5, 5.41) is 8.58. The van der Waals surface area contributed by atoms with E-state index in [1.165, 1.54) is 0 Å². The highest BCUT2D eigenvalue weighted by Crippen LogP contribution is 2.55. The first-order chi connectivity index (χ1) is 16.7. The summed E-state index contributed by atoms with van der Waals surface area (Å²) in [4.78, 5) is 30.2. The fourth-order valence-corrected chi connectivity index (χ4v) is 5.81. The van der Waals surface area contributed by atoms with Crippen LogP contribution in [-0.2, 0) is 11.3 Å². The molecule has 1 aliphatic carbocycles. The predicted molar refractivity (Wildman–Crippen MR) is 128 cm³/mol. The van der Waals surface area contributed by atoms with Crippen LogP contribution >= 0.6 is 0 Å². The third-order valence-corrected chi connectivity index (χ3v) is 8.04. The van der Waals surface area contributed by atoms with Crippen molar-refractivity contribution < 1.29 is 14.1 Å². The summed E-state index contributed by atoms with van der Waals surface area (Å²) < 4.78 is 6.94. The maximum absolute atomic E-state index is 13.5. The number of likely N-dealkylation sites (tertiary alicyclic amines) is 2. The Labute approximate surface area is 203 Å². The van der Waals surface area contributed by atoms with Gasteiger partial charge in [0.2, 0.25) is 11.8 Å². The van der Waals surface area contributed by atoms with Gasteiger partial charge in [0.25, 0.3) is 5.91 Å². The summed E-state index contributed by atoms with van der Waals surface area (Å²) in [7, 11) is 0. The number of hydrogen-bond donors (Lipinski definition) is 1. The number of anilines is 1. The van der Waals surface area contributed by atoms with Crippen LogP contribution in [0.5, 0.6) is 0 Å². The molecule has 9 heteroatoms. The van der Waals surface area contributed by atoms with Gasteiger partial charge in [-0.15, -0.1) is 0 Å². The molecule has 2 aromatic heterocycles. The lowest BCUT2D eigenvalue weighted by Gasteiger charge is -2.50. The summed E-state index contributed by atoms with van der Waals surface area (Å²) in [6.45, 7) is 7.18. The molecule has 6 rings (SSSR count). The van der Waals surface area contributed by atoms with E-state index in [0.29, 0.717) is 38.3 Å². The number of nitrogens with zero attached hydrogens (tertiary/aromatic N) is 5. The van der Waals surface area contributed by atoms with Gasteiger partial charge in [0.05, 0.1) is 24.0 Å². The van der Waals surface area contributed by atoms with Crippen molar-refractivity contribution in [2.24, 2.45) is 16.7 Å². The Kier molecular flexibility index (Phi) is 4.81. The average Bonchev–Trinajstić information content (AvgIpc) is 3.26. The standard InChI is InChI=1S/C26H30N6O3/c1-25(2)9-19(25)24(34)31-15-26(16-31)14-30(13-20(26)21-8-22(27)35-29-21)23(33)18-10-28-32(12-18)11-17-6-4-3-5-7-17/h3-8,10,12,19-20H,9,11,13-16,27H2,1-2H3/t19-,20?/m1/s1. The van der Waals surface area contributed by atoms with Crippen molar-refractivity contribution in [3.63, 3.8) is 0 Å². The Morgan fingerprint density at radius 3 is 2.51 bits per heavy atom. The van der Waals surface area contributed by atoms with Crippen molar-refractivity contribution in [3.8, 4) is 0 Å². The van der Waals surface area contributed by atoms with Crippen LogP contribution in [0.4, 0.5) is 5.88 Å². The molecule has 0 bridgehead atoms. The first-order valence-electron chi connectivity index (χ1n) is 12.1. The second kappa shape index (κ2) is 7.69. The van der Waals surface area contributed by atoms with Crippen molar-refractivity contribution >= 4 is 17.7 Å². The summed E-state index contributed by atoms with van der Waals surface area (Å²) in [5.41, 5.74) is 8.09. The number of benzene rings is 1. The maximum Gasteiger partial charge on any atom is 0.257 e. The number of nitrogen functional groups attached to an aromatic ring is 1. The van der Waals surface area contributed by atoms with E-state index in [2.05, 4.69) is 24.1 Å². The van der Waals surface area contributed by atoms with Crippen LogP contribution < -0.4 is 5.73 Å². The number of nitrogens with two attached hydrogens (primary N) is 1. The quantitative estimate of drug-likeness (QED) is 0.609. The van der Waals surface area contributed by atoms with Gasteiger partial charge in [0.1, 0.15) is 0 Å². The number of carbonyl (C=O) groups is 2. The number of hydrogen-bond acceptors (Lipinski definition) is 6. The molecule has 3 aliphatic rings. The molecule has 1 spiro atoms. The van der Waals surface area contributed by atoms with E-state index in [9.17, 15) is 9.59 Å². The smallest absolute Gasteiger partial charge is 0.257 e. The SMILES string of the molecule is CC1(C)C[C@@H]1C(=O)N1CC2(CN(C(=O)c3cnn(Cc4ccccc4)c3)CC2c2cc(N)on2)C1. The van der Waals surface area contributed by atoms with E-state index in [1.807, 2.05) is 40.1 Å². The Morgan fingerprint density at radius 2 is 1.86 bits per heavy atom. The molecule has 1 saturated carbocycles. The molecular formula is C26H30N6O3. The molecule has 3 aromatic rings. The van der Waals surface area contributed by atoms with Crippen molar-refractivity contribution in [1.82, 2.24) is 24.7 Å². The topological polar surface area (TPSA) is 110 Å². The number of aromatic nitrogens is 3. The van der Waals surface area contributed by atoms with Crippen LogP contribution in [0, 0.1) is 16.7 Å². The van der Waals surface area contributed by atoms with Gasteiger partial charge in [-0.2, -0.15) is 5.10 Å². The Bertz CT molecular complexity index is 1270. The first kappa shape index (κ1) is 21.9. The van der Waals surface area contributed by atoms with E-state index in [0.717, 1.165) is 17.7 Å². The molecule has 4 heterocycles. The Balaban J connectivity index is 1.19. The van der Waals surface area contributed by atoms with Crippen LogP contribution in [0.3, 0.4) is 0 Å². The minimum absolute atomic E-state index is 0.0388. The van der Waals surface area contributed by atoms with E-state index in [-0.39, 0.29) is 40.4 Å². The van der Waals surface area contributed by atoms with E-state index < -0.39 is 0 Å². The normalized spacial score (nSPS) is 23.9. The molecular weight excluding hydrogens is 444 g/mol. The minimum Gasteiger partial charge on any atom is -0.368 e. The van der Waals surface area contributed by atoms with Gasteiger partial charge in [-0.3, -0.25) is 14.3 Å². The zero-order valence-electron chi connectivity index (χ0n) is 20.1. The molecule has 2 N–H and O–H groups in total. The third-order valence-electron chi connectivity index (χ3n) is 8.04. The van der Waals surface area contributed by atoms with Crippen molar-refractivity contribution in [2.45, 2.75) is 32.7 Å². The van der Waals surface area contributed by atoms with Gasteiger partial charge in [-0.05, 0) is 17.4 Å². The molecule has 2 atom stereocenters. The summed E-state index contributed by atoms with van der Waals surface area (Å²) in [6.07, 6.45) is 4.37. The summed E-state index contributed by atoms with van der Waals surface area (Å²) in [5.74, 6) is 0.495. The molecule has 1 unspecified atom stereocenters. The average molecular weight is 475 g/mol. The highest BCUT2D eigenvalue weighted by molar-refractivity contribution is 5.94. The highest BCUT2D eigenvalue weighted by Gasteiger charge is 2.61. The molecule has 1 aromatic carbocycles. The van der Waals surface area contributed by atoms with Gasteiger partial charge in [-0.25, -0.2) is 0 Å². The van der Waals surface area contributed by atoms with Gasteiger partial charge < -0.3 is 20.1 Å². The fourth-order valence-electron chi connectivity index (χ4n) is 5.81. The van der Waals surface area contributed by atoms with E-state index in [4.69, 9.17) is 10.3 Å². The zero-order chi connectivity index (χ0) is 24.4. The molecule has 0 radical (unpaired) electrons. The molecule has 2 amide bonds. The lowest BCUT2D eigenvalue weighted by atomic mass is 9.70. The van der Waals surface area contributed by atoms with Gasteiger partial charge in [0, 0.05) is 55.7 Å². The Hall–Kier alpha value is -3.62. The highest BCUT2D eigenvalue weighted by atomic mass is 16.5. The van der Waals surface area contributed by atoms with Crippen LogP contribution in [0.1, 0.15) is 47.8 Å². The molecule has 2 saturated heterocycles. The minimum atomic E-state index is -0.242. The maximum atomic E-state index is 13.5. The predicted octanol–water partition coefficient (Wildman–Crippen LogP) is 2.62. The van der Waals surface area contributed by atoms with Gasteiger partial charge >= 0.3 is 0 Å². The van der Waals surface area contributed by atoms with E-state index in [1.54, 1.807) is 23.1 Å². The van der Waals surface area contributed by atoms with Crippen LogP contribution in [-0.4, -0.2) is 62.7 Å². The second-order valence-corrected chi connectivity index (χ2v) is 11.1. The number of rotatable bonds is 5. The van der Waals surface area contributed by atoms with Crippen molar-refractivity contribution in [1.29, 1.82) is 0 Å². The lowest BCUT2D eigenvalue weighted by molar-refractivity contribution is -0.145. The molecule has 2 aliphatic heterocycles. The number of carbonyl (C=O) groups excluding carboxylic acids is 2. The first-order valence-corrected chi connectivity index (χ1v) is 12.1. The molecule has 182 valence electrons. The summed E-state index contributed by atoms with van der Waals surface area (Å²) in [6, 6.07) is 11.8. The summed E-state index contributed by atoms with van der Waals surface area (Å²) >= 11 is 0. The van der Waals surface area contributed by atoms with E-state index >= 15 is 0 Å². The molecule has 3 fully saturated rings. The zero-order valence-corrected chi connectivity index (χ0v) is 20.1. The Morgan fingerprint density at radius 1 is 1.14 bits per heavy atom. The van der Waals surface area contributed by atoms with Gasteiger partial charge in [-0.1, -0.05) is 49.3 Å². The lowest BCUT2D eigenvalue weighted by Crippen LogP contribution is -2.62. The van der Waals surface area contributed by atoms with Crippen molar-refractivity contribution in [2.75, 3.05) is 31.9 Å². The fraction of sp³-hybridized carbons (Fsp3) is 0.462. The monoisotopic (exact) mass is 474 g/mol. The van der Waals surface area contributed by atoms with Crippen LogP contribution in [0.25, 0.3) is 0 Å². The van der Waals surface area contributed by atoms with Gasteiger partial charge in [0.15, 0.2) is 0 Å². The third kappa shape index (κ3) is 3.79. The molecule has 9 nitrogen and oxygen atoms in total.